The van der Waals surface area contributed by atoms with Crippen LogP contribution in [0.5, 0.6) is 0 Å². The monoisotopic (exact) mass is 692 g/mol. The fourth-order valence-electron chi connectivity index (χ4n) is 3.96. The molecule has 1 heterocycles. The molecule has 226 valence electrons. The van der Waals surface area contributed by atoms with E-state index in [-0.39, 0.29) is 17.4 Å². The van der Waals surface area contributed by atoms with Crippen LogP contribution in [0.1, 0.15) is 15.9 Å². The SMILES string of the molecule is O=C(CSc1ccc(NC(=O)/C(=C/c2cccc(Cl)c2)NC(=O)c2ccccc2)cc1)Nc1nc(-c2ccc(Cl)c(Cl)c2)cs1. The molecule has 12 heteroatoms. The van der Waals surface area contributed by atoms with Gasteiger partial charge in [-0.3, -0.25) is 14.4 Å². The maximum absolute atomic E-state index is 13.3. The summed E-state index contributed by atoms with van der Waals surface area (Å²) in [7, 11) is 0. The van der Waals surface area contributed by atoms with Gasteiger partial charge < -0.3 is 16.0 Å². The lowest BCUT2D eigenvalue weighted by atomic mass is 10.1. The molecule has 0 radical (unpaired) electrons. The standard InChI is InChI=1S/C33H23Cl3N4O3S2/c34-23-8-4-5-20(15-23)16-28(38-31(42)21-6-2-1-3-7-21)32(43)37-24-10-12-25(13-11-24)44-19-30(41)40-33-39-29(18-45-33)22-9-14-26(35)27(36)17-22/h1-18H,19H2,(H,37,43)(H,38,42)(H,39,40,41)/b28-16-. The number of amides is 3. The highest BCUT2D eigenvalue weighted by Crippen LogP contribution is 2.31. The van der Waals surface area contributed by atoms with Crippen LogP contribution in [0.2, 0.25) is 15.1 Å². The van der Waals surface area contributed by atoms with Crippen LogP contribution in [0.15, 0.2) is 113 Å². The molecule has 0 bridgehead atoms. The number of carbonyl (C=O) groups is 3. The zero-order valence-electron chi connectivity index (χ0n) is 23.2. The minimum Gasteiger partial charge on any atom is -0.321 e. The summed E-state index contributed by atoms with van der Waals surface area (Å²) in [5.74, 6) is -0.988. The van der Waals surface area contributed by atoms with Gasteiger partial charge in [0.2, 0.25) is 5.91 Å². The quantitative estimate of drug-likeness (QED) is 0.100. The Morgan fingerprint density at radius 1 is 0.822 bits per heavy atom. The van der Waals surface area contributed by atoms with E-state index in [1.54, 1.807) is 97.1 Å². The fraction of sp³-hybridized carbons (Fsp3) is 0.0303. The molecular formula is C33H23Cl3N4O3S2. The molecule has 0 atom stereocenters. The van der Waals surface area contributed by atoms with Gasteiger partial charge in [0.1, 0.15) is 5.70 Å². The molecule has 0 fully saturated rings. The maximum Gasteiger partial charge on any atom is 0.272 e. The van der Waals surface area contributed by atoms with Gasteiger partial charge in [0.15, 0.2) is 5.13 Å². The lowest BCUT2D eigenvalue weighted by Gasteiger charge is -2.12. The topological polar surface area (TPSA) is 100 Å². The van der Waals surface area contributed by atoms with Gasteiger partial charge in [-0.2, -0.15) is 0 Å². The first-order valence-corrected chi connectivity index (χ1v) is 16.3. The average molecular weight is 694 g/mol. The largest absolute Gasteiger partial charge is 0.321 e. The summed E-state index contributed by atoms with van der Waals surface area (Å²) in [6.07, 6.45) is 1.56. The molecule has 0 aliphatic heterocycles. The molecule has 5 rings (SSSR count). The molecule has 1 aromatic heterocycles. The van der Waals surface area contributed by atoms with Crippen LogP contribution in [0, 0.1) is 0 Å². The number of hydrogen-bond acceptors (Lipinski definition) is 6. The van der Waals surface area contributed by atoms with E-state index in [9.17, 15) is 14.4 Å². The van der Waals surface area contributed by atoms with Crippen LogP contribution in [-0.2, 0) is 9.59 Å². The molecule has 0 aliphatic rings. The summed E-state index contributed by atoms with van der Waals surface area (Å²) in [5, 5.41) is 12.0. The highest BCUT2D eigenvalue weighted by molar-refractivity contribution is 8.00. The van der Waals surface area contributed by atoms with E-state index in [1.807, 2.05) is 11.4 Å². The third kappa shape index (κ3) is 9.20. The minimum absolute atomic E-state index is 0.0470. The van der Waals surface area contributed by atoms with Crippen LogP contribution in [0.3, 0.4) is 0 Å². The maximum atomic E-state index is 13.3. The average Bonchev–Trinajstić information content (AvgIpc) is 3.50. The Bertz CT molecular complexity index is 1880. The predicted molar refractivity (Wildman–Crippen MR) is 185 cm³/mol. The summed E-state index contributed by atoms with van der Waals surface area (Å²) >= 11 is 20.9. The van der Waals surface area contributed by atoms with Crippen LogP contribution in [-0.4, -0.2) is 28.5 Å². The Morgan fingerprint density at radius 3 is 2.33 bits per heavy atom. The highest BCUT2D eigenvalue weighted by atomic mass is 35.5. The number of nitrogens with one attached hydrogen (secondary N) is 3. The van der Waals surface area contributed by atoms with Crippen molar-refractivity contribution < 1.29 is 14.4 Å². The molecule has 0 saturated carbocycles. The molecule has 3 N–H and O–H groups in total. The summed E-state index contributed by atoms with van der Waals surface area (Å²) in [5.41, 5.74) is 3.10. The Hall–Kier alpha value is -4.12. The van der Waals surface area contributed by atoms with Crippen molar-refractivity contribution in [3.05, 3.63) is 134 Å². The van der Waals surface area contributed by atoms with Gasteiger partial charge >= 0.3 is 0 Å². The second kappa shape index (κ2) is 15.2. The van der Waals surface area contributed by atoms with Crippen molar-refractivity contribution in [2.45, 2.75) is 4.90 Å². The zero-order chi connectivity index (χ0) is 31.8. The minimum atomic E-state index is -0.511. The Balaban J connectivity index is 1.18. The Morgan fingerprint density at radius 2 is 1.60 bits per heavy atom. The molecule has 0 spiro atoms. The van der Waals surface area contributed by atoms with Gasteiger partial charge in [0.05, 0.1) is 21.5 Å². The van der Waals surface area contributed by atoms with Crippen LogP contribution in [0.25, 0.3) is 17.3 Å². The molecule has 5 aromatic rings. The van der Waals surface area contributed by atoms with Crippen LogP contribution < -0.4 is 16.0 Å². The molecule has 7 nitrogen and oxygen atoms in total. The summed E-state index contributed by atoms with van der Waals surface area (Å²) in [6.45, 7) is 0. The van der Waals surface area contributed by atoms with Gasteiger partial charge in [-0.05, 0) is 72.3 Å². The van der Waals surface area contributed by atoms with E-state index in [0.29, 0.717) is 42.7 Å². The Labute approximate surface area is 282 Å². The van der Waals surface area contributed by atoms with Crippen molar-refractivity contribution in [1.29, 1.82) is 0 Å². The molecule has 4 aromatic carbocycles. The first-order valence-electron chi connectivity index (χ1n) is 13.3. The van der Waals surface area contributed by atoms with E-state index >= 15 is 0 Å². The molecule has 45 heavy (non-hydrogen) atoms. The lowest BCUT2D eigenvalue weighted by Crippen LogP contribution is -2.30. The number of halogens is 3. The van der Waals surface area contributed by atoms with Gasteiger partial charge in [0, 0.05) is 32.1 Å². The number of nitrogens with zero attached hydrogens (tertiary/aromatic N) is 1. The van der Waals surface area contributed by atoms with E-state index < -0.39 is 11.8 Å². The van der Waals surface area contributed by atoms with Gasteiger partial charge in [-0.15, -0.1) is 23.1 Å². The van der Waals surface area contributed by atoms with Crippen molar-refractivity contribution in [2.24, 2.45) is 0 Å². The summed E-state index contributed by atoms with van der Waals surface area (Å²) in [6, 6.07) is 27.8. The third-order valence-electron chi connectivity index (χ3n) is 6.14. The van der Waals surface area contributed by atoms with Crippen molar-refractivity contribution in [1.82, 2.24) is 10.3 Å². The van der Waals surface area contributed by atoms with Gasteiger partial charge in [-0.25, -0.2) is 4.98 Å². The Kier molecular flexibility index (Phi) is 10.9. The second-order valence-corrected chi connectivity index (χ2v) is 12.6. The fourth-order valence-corrected chi connectivity index (χ4v) is 5.89. The van der Waals surface area contributed by atoms with Crippen LogP contribution >= 0.6 is 57.9 Å². The van der Waals surface area contributed by atoms with Crippen molar-refractivity contribution in [3.8, 4) is 11.3 Å². The molecule has 0 saturated heterocycles. The summed E-state index contributed by atoms with van der Waals surface area (Å²) in [4.78, 5) is 44.0. The molecule has 0 aliphatic carbocycles. The lowest BCUT2D eigenvalue weighted by molar-refractivity contribution is -0.114. The number of anilines is 2. The third-order valence-corrected chi connectivity index (χ3v) is 8.88. The molecule has 0 unspecified atom stereocenters. The number of thioether (sulfide) groups is 1. The van der Waals surface area contributed by atoms with E-state index in [0.717, 1.165) is 10.5 Å². The second-order valence-electron chi connectivity index (χ2n) is 9.42. The number of rotatable bonds is 10. The number of thiazole rings is 1. The van der Waals surface area contributed by atoms with E-state index in [2.05, 4.69) is 20.9 Å². The normalized spacial score (nSPS) is 11.1. The number of benzene rings is 4. The van der Waals surface area contributed by atoms with Crippen LogP contribution in [0.4, 0.5) is 10.8 Å². The zero-order valence-corrected chi connectivity index (χ0v) is 27.1. The van der Waals surface area contributed by atoms with E-state index in [1.165, 1.54) is 23.1 Å². The van der Waals surface area contributed by atoms with Gasteiger partial charge in [0.25, 0.3) is 11.8 Å². The highest BCUT2D eigenvalue weighted by Gasteiger charge is 2.16. The van der Waals surface area contributed by atoms with E-state index in [4.69, 9.17) is 34.8 Å². The van der Waals surface area contributed by atoms with Crippen molar-refractivity contribution in [2.75, 3.05) is 16.4 Å². The first kappa shape index (κ1) is 32.3. The number of hydrogen-bond donors (Lipinski definition) is 3. The van der Waals surface area contributed by atoms with Crippen molar-refractivity contribution >= 4 is 92.5 Å². The smallest absolute Gasteiger partial charge is 0.272 e. The molecule has 3 amide bonds. The number of carbonyl (C=O) groups excluding carboxylic acids is 3. The summed E-state index contributed by atoms with van der Waals surface area (Å²) < 4.78 is 0. The predicted octanol–water partition coefficient (Wildman–Crippen LogP) is 8.91. The first-order chi connectivity index (χ1) is 21.7. The number of aromatic nitrogens is 1. The molecular weight excluding hydrogens is 671 g/mol. The van der Waals surface area contributed by atoms with Crippen molar-refractivity contribution in [3.63, 3.8) is 0 Å². The van der Waals surface area contributed by atoms with Gasteiger partial charge in [-0.1, -0.05) is 71.2 Å².